The fourth-order valence-electron chi connectivity index (χ4n) is 5.44. The molecule has 5 rings (SSSR count). The van der Waals surface area contributed by atoms with Crippen molar-refractivity contribution in [3.8, 4) is 5.75 Å². The molecule has 1 aliphatic carbocycles. The molecule has 2 aromatic carbocycles. The number of rotatable bonds is 2. The number of para-hydroxylation sites is 1. The van der Waals surface area contributed by atoms with Gasteiger partial charge in [-0.15, -0.1) is 0 Å². The van der Waals surface area contributed by atoms with E-state index in [1.54, 1.807) is 7.11 Å². The van der Waals surface area contributed by atoms with E-state index in [2.05, 4.69) is 35.1 Å². The lowest BCUT2D eigenvalue weighted by atomic mass is 9.56. The van der Waals surface area contributed by atoms with Gasteiger partial charge in [-0.25, -0.2) is 0 Å². The lowest BCUT2D eigenvalue weighted by Gasteiger charge is -2.56. The van der Waals surface area contributed by atoms with Gasteiger partial charge in [-0.1, -0.05) is 35.9 Å². The topological polar surface area (TPSA) is 48.5 Å². The van der Waals surface area contributed by atoms with Crippen LogP contribution in [0.2, 0.25) is 5.02 Å². The Bertz CT molecular complexity index is 1060. The average molecular weight is 397 g/mol. The summed E-state index contributed by atoms with van der Waals surface area (Å²) in [5, 5.41) is 14.0. The summed E-state index contributed by atoms with van der Waals surface area (Å²) in [6.07, 6.45) is 2.28. The molecule has 0 amide bonds. The first-order valence-corrected chi connectivity index (χ1v) is 10.2. The molecule has 3 aromatic rings. The van der Waals surface area contributed by atoms with Crippen molar-refractivity contribution in [2.45, 2.75) is 30.3 Å². The van der Waals surface area contributed by atoms with E-state index in [1.807, 2.05) is 24.3 Å². The monoisotopic (exact) mass is 396 g/mol. The lowest BCUT2D eigenvalue weighted by Crippen LogP contribution is -2.65. The van der Waals surface area contributed by atoms with Crippen molar-refractivity contribution in [2.75, 3.05) is 27.2 Å². The van der Waals surface area contributed by atoms with Crippen LogP contribution in [0.5, 0.6) is 5.75 Å². The van der Waals surface area contributed by atoms with Gasteiger partial charge in [0.2, 0.25) is 0 Å². The summed E-state index contributed by atoms with van der Waals surface area (Å²) in [6.45, 7) is 1.60. The van der Waals surface area contributed by atoms with E-state index in [1.165, 1.54) is 11.3 Å². The van der Waals surface area contributed by atoms with Crippen molar-refractivity contribution in [3.63, 3.8) is 0 Å². The minimum atomic E-state index is -0.850. The summed E-state index contributed by atoms with van der Waals surface area (Å²) in [4.78, 5) is 5.82. The van der Waals surface area contributed by atoms with Crippen LogP contribution >= 0.6 is 11.6 Å². The number of nitrogens with zero attached hydrogens (tertiary/aromatic N) is 1. The maximum absolute atomic E-state index is 12.1. The van der Waals surface area contributed by atoms with Crippen LogP contribution in [0.15, 0.2) is 42.5 Å². The van der Waals surface area contributed by atoms with E-state index in [0.29, 0.717) is 13.0 Å². The number of fused-ring (bicyclic) bond motifs is 4. The molecule has 5 heteroatoms. The minimum Gasteiger partial charge on any atom is -0.497 e. The SMILES string of the molecule is COc1cccc([C@@]23CCN(C)C[C@@]2(O)Cc2c([nH]c4c(Cl)cccc24)C3)c1. The van der Waals surface area contributed by atoms with Crippen molar-refractivity contribution in [1.29, 1.82) is 0 Å². The molecule has 2 N–H and O–H groups in total. The van der Waals surface area contributed by atoms with Gasteiger partial charge >= 0.3 is 0 Å². The number of β-amino-alcohol motifs (C(OH)–C–C–N with tert-alkyl or cyclic N) is 1. The molecule has 0 unspecified atom stereocenters. The van der Waals surface area contributed by atoms with Crippen LogP contribution in [-0.4, -0.2) is 47.8 Å². The molecular formula is C23H25ClN2O2. The van der Waals surface area contributed by atoms with E-state index >= 15 is 0 Å². The maximum atomic E-state index is 12.1. The number of benzene rings is 2. The molecule has 2 atom stereocenters. The van der Waals surface area contributed by atoms with Gasteiger partial charge in [0, 0.05) is 35.9 Å². The Kier molecular flexibility index (Phi) is 4.02. The number of halogens is 1. The first kappa shape index (κ1) is 18.0. The molecule has 1 fully saturated rings. The Balaban J connectivity index is 1.73. The van der Waals surface area contributed by atoms with Gasteiger partial charge in [0.25, 0.3) is 0 Å². The lowest BCUT2D eigenvalue weighted by molar-refractivity contribution is -0.0972. The zero-order chi connectivity index (χ0) is 19.5. The highest BCUT2D eigenvalue weighted by molar-refractivity contribution is 6.35. The highest BCUT2D eigenvalue weighted by Crippen LogP contribution is 2.51. The fourth-order valence-corrected chi connectivity index (χ4v) is 5.67. The number of methoxy groups -OCH3 is 1. The number of piperidine rings is 1. The van der Waals surface area contributed by atoms with Gasteiger partial charge in [-0.3, -0.25) is 0 Å². The smallest absolute Gasteiger partial charge is 0.119 e. The largest absolute Gasteiger partial charge is 0.497 e. The van der Waals surface area contributed by atoms with E-state index in [0.717, 1.165) is 46.6 Å². The highest BCUT2D eigenvalue weighted by atomic mass is 35.5. The van der Waals surface area contributed by atoms with Gasteiger partial charge < -0.3 is 19.7 Å². The number of likely N-dealkylation sites (tertiary alicyclic amines) is 1. The summed E-state index contributed by atoms with van der Waals surface area (Å²) in [7, 11) is 3.78. The zero-order valence-electron chi connectivity index (χ0n) is 16.3. The van der Waals surface area contributed by atoms with Gasteiger partial charge in [0.15, 0.2) is 0 Å². The molecule has 0 saturated carbocycles. The number of aromatic nitrogens is 1. The number of aliphatic hydroxyl groups is 1. The summed E-state index contributed by atoms with van der Waals surface area (Å²) in [5.74, 6) is 0.832. The molecule has 1 aliphatic heterocycles. The van der Waals surface area contributed by atoms with Gasteiger partial charge in [-0.05, 0) is 49.3 Å². The Morgan fingerprint density at radius 1 is 1.18 bits per heavy atom. The third kappa shape index (κ3) is 2.45. The summed E-state index contributed by atoms with van der Waals surface area (Å²) in [5.41, 5.74) is 3.32. The Morgan fingerprint density at radius 3 is 2.82 bits per heavy atom. The van der Waals surface area contributed by atoms with E-state index < -0.39 is 5.60 Å². The third-order valence-corrected chi connectivity index (χ3v) is 7.21. The summed E-state index contributed by atoms with van der Waals surface area (Å²) in [6, 6.07) is 14.2. The number of ether oxygens (including phenoxy) is 1. The van der Waals surface area contributed by atoms with E-state index in [-0.39, 0.29) is 5.41 Å². The molecule has 2 heterocycles. The second-order valence-corrected chi connectivity index (χ2v) is 8.84. The molecule has 28 heavy (non-hydrogen) atoms. The molecule has 1 aromatic heterocycles. The van der Waals surface area contributed by atoms with Crippen LogP contribution < -0.4 is 4.74 Å². The normalized spacial score (nSPS) is 27.4. The second kappa shape index (κ2) is 6.24. The van der Waals surface area contributed by atoms with Crippen molar-refractivity contribution < 1.29 is 9.84 Å². The van der Waals surface area contributed by atoms with Crippen LogP contribution in [0.25, 0.3) is 10.9 Å². The van der Waals surface area contributed by atoms with Crippen LogP contribution in [0.1, 0.15) is 23.2 Å². The highest BCUT2D eigenvalue weighted by Gasteiger charge is 2.57. The van der Waals surface area contributed by atoms with Gasteiger partial charge in [0.05, 0.1) is 23.3 Å². The first-order chi connectivity index (χ1) is 13.5. The van der Waals surface area contributed by atoms with Crippen LogP contribution in [0.4, 0.5) is 0 Å². The number of hydrogen-bond donors (Lipinski definition) is 2. The summed E-state index contributed by atoms with van der Waals surface area (Å²) < 4.78 is 5.49. The molecule has 2 aliphatic rings. The molecule has 146 valence electrons. The average Bonchev–Trinajstić information content (AvgIpc) is 3.04. The van der Waals surface area contributed by atoms with Crippen molar-refractivity contribution in [3.05, 3.63) is 64.3 Å². The molecule has 0 spiro atoms. The predicted molar refractivity (Wildman–Crippen MR) is 112 cm³/mol. The maximum Gasteiger partial charge on any atom is 0.119 e. The van der Waals surface area contributed by atoms with Crippen molar-refractivity contribution >= 4 is 22.5 Å². The van der Waals surface area contributed by atoms with Crippen LogP contribution in [0, 0.1) is 0 Å². The number of aromatic amines is 1. The number of H-pyrrole nitrogens is 1. The van der Waals surface area contributed by atoms with Gasteiger partial charge in [-0.2, -0.15) is 0 Å². The van der Waals surface area contributed by atoms with Crippen LogP contribution in [-0.2, 0) is 18.3 Å². The van der Waals surface area contributed by atoms with E-state index in [9.17, 15) is 5.11 Å². The number of likely N-dealkylation sites (N-methyl/N-ethyl adjacent to an activating group) is 1. The predicted octanol–water partition coefficient (Wildman–Crippen LogP) is 3.93. The number of hydrogen-bond acceptors (Lipinski definition) is 3. The second-order valence-electron chi connectivity index (χ2n) is 8.43. The van der Waals surface area contributed by atoms with Crippen molar-refractivity contribution in [2.24, 2.45) is 0 Å². The summed E-state index contributed by atoms with van der Waals surface area (Å²) >= 11 is 6.46. The minimum absolute atomic E-state index is 0.353. The molecule has 0 radical (unpaired) electrons. The van der Waals surface area contributed by atoms with Gasteiger partial charge in [0.1, 0.15) is 5.75 Å². The molecular weight excluding hydrogens is 372 g/mol. The standard InChI is InChI=1S/C23H25ClN2O2/c1-26-10-9-22(15-5-3-6-16(11-15)28-2)13-20-18(12-23(22,27)14-26)17-7-4-8-19(24)21(17)25-20/h3-8,11,25,27H,9-10,12-14H2,1-2H3/t22-,23-/m0/s1. The van der Waals surface area contributed by atoms with Crippen molar-refractivity contribution in [1.82, 2.24) is 9.88 Å². The zero-order valence-corrected chi connectivity index (χ0v) is 17.0. The molecule has 4 nitrogen and oxygen atoms in total. The quantitative estimate of drug-likeness (QED) is 0.690. The molecule has 1 saturated heterocycles. The fraction of sp³-hybridized carbons (Fsp3) is 0.391. The van der Waals surface area contributed by atoms with Crippen LogP contribution in [0.3, 0.4) is 0 Å². The Hall–Kier alpha value is -2.01. The Labute approximate surface area is 170 Å². The molecule has 0 bridgehead atoms. The number of nitrogens with one attached hydrogen (secondary N) is 1. The van der Waals surface area contributed by atoms with E-state index in [4.69, 9.17) is 16.3 Å². The first-order valence-electron chi connectivity index (χ1n) is 9.79. The third-order valence-electron chi connectivity index (χ3n) is 6.89. The Morgan fingerprint density at radius 2 is 2.00 bits per heavy atom.